The molecule has 27 heavy (non-hydrogen) atoms. The molecule has 6 nitrogen and oxygen atoms in total. The van der Waals surface area contributed by atoms with Gasteiger partial charge in [-0.25, -0.2) is 8.42 Å². The zero-order chi connectivity index (χ0) is 20.0. The van der Waals surface area contributed by atoms with E-state index in [1.165, 1.54) is 38.3 Å². The van der Waals surface area contributed by atoms with Crippen molar-refractivity contribution in [3.63, 3.8) is 0 Å². The maximum atomic E-state index is 12.5. The Kier molecular flexibility index (Phi) is 8.21. The highest BCUT2D eigenvalue weighted by atomic mass is 35.5. The number of nitrogens with zero attached hydrogens (tertiary/aromatic N) is 2. The highest BCUT2D eigenvalue weighted by Crippen LogP contribution is 2.32. The lowest BCUT2D eigenvalue weighted by molar-refractivity contribution is -0.121. The van der Waals surface area contributed by atoms with Crippen molar-refractivity contribution < 1.29 is 13.2 Å². The van der Waals surface area contributed by atoms with E-state index in [1.807, 2.05) is 0 Å². The van der Waals surface area contributed by atoms with Crippen LogP contribution in [0, 0.1) is 0 Å². The summed E-state index contributed by atoms with van der Waals surface area (Å²) in [6, 6.07) is 3.59. The van der Waals surface area contributed by atoms with Crippen LogP contribution in [0.15, 0.2) is 18.2 Å². The average Bonchev–Trinajstić information content (AvgIpc) is 2.61. The van der Waals surface area contributed by atoms with Crippen LogP contribution in [-0.2, 0) is 14.8 Å². The zero-order valence-electron chi connectivity index (χ0n) is 15.7. The van der Waals surface area contributed by atoms with Crippen LogP contribution >= 0.6 is 23.2 Å². The Labute approximate surface area is 171 Å². The standard InChI is InChI=1S/C18H27Cl2N3O3S/c1-14(18(24)21-9-6-12-22-10-4-3-5-11-22)23(27(2,25)26)17-13-15(19)7-8-16(17)20/h7-8,13-14H,3-6,9-12H2,1-2H3,(H,21,24)/t14-/m0/s1. The molecule has 0 unspecified atom stereocenters. The molecule has 1 heterocycles. The minimum Gasteiger partial charge on any atom is -0.354 e. The van der Waals surface area contributed by atoms with Gasteiger partial charge in [0.25, 0.3) is 0 Å². The molecule has 0 aliphatic carbocycles. The molecule has 1 saturated heterocycles. The molecule has 1 amide bonds. The van der Waals surface area contributed by atoms with E-state index in [0.29, 0.717) is 11.6 Å². The first-order chi connectivity index (χ1) is 12.7. The number of benzene rings is 1. The minimum atomic E-state index is -3.73. The molecule has 152 valence electrons. The number of amides is 1. The summed E-state index contributed by atoms with van der Waals surface area (Å²) in [7, 11) is -3.73. The number of hydrogen-bond donors (Lipinski definition) is 1. The van der Waals surface area contributed by atoms with Crippen molar-refractivity contribution in [3.8, 4) is 0 Å². The van der Waals surface area contributed by atoms with Gasteiger partial charge in [-0.2, -0.15) is 0 Å². The second kappa shape index (κ2) is 9.96. The Balaban J connectivity index is 1.99. The molecule has 1 atom stereocenters. The maximum Gasteiger partial charge on any atom is 0.243 e. The Morgan fingerprint density at radius 3 is 2.56 bits per heavy atom. The summed E-state index contributed by atoms with van der Waals surface area (Å²) >= 11 is 12.1. The van der Waals surface area contributed by atoms with Crippen LogP contribution in [0.5, 0.6) is 0 Å². The van der Waals surface area contributed by atoms with Crippen molar-refractivity contribution in [1.29, 1.82) is 0 Å². The van der Waals surface area contributed by atoms with Crippen molar-refractivity contribution >= 4 is 44.8 Å². The summed E-state index contributed by atoms with van der Waals surface area (Å²) in [6.07, 6.45) is 5.62. The number of carbonyl (C=O) groups is 1. The highest BCUT2D eigenvalue weighted by molar-refractivity contribution is 7.92. The van der Waals surface area contributed by atoms with Gasteiger partial charge in [-0.05, 0) is 64.0 Å². The fourth-order valence-corrected chi connectivity index (χ4v) is 4.88. The van der Waals surface area contributed by atoms with Gasteiger partial charge in [0, 0.05) is 11.6 Å². The van der Waals surface area contributed by atoms with Gasteiger partial charge in [-0.1, -0.05) is 29.6 Å². The quantitative estimate of drug-likeness (QED) is 0.636. The Bertz CT molecular complexity index is 752. The second-order valence-corrected chi connectivity index (χ2v) is 9.58. The summed E-state index contributed by atoms with van der Waals surface area (Å²) in [5.41, 5.74) is 0.197. The number of nitrogens with one attached hydrogen (secondary N) is 1. The SMILES string of the molecule is C[C@@H](C(=O)NCCCN1CCCCC1)N(c1cc(Cl)ccc1Cl)S(C)(=O)=O. The van der Waals surface area contributed by atoms with Crippen molar-refractivity contribution in [2.75, 3.05) is 36.7 Å². The lowest BCUT2D eigenvalue weighted by Crippen LogP contribution is -2.48. The first-order valence-corrected chi connectivity index (χ1v) is 11.7. The number of rotatable bonds is 8. The molecule has 0 radical (unpaired) electrons. The van der Waals surface area contributed by atoms with Gasteiger partial charge in [0.2, 0.25) is 15.9 Å². The molecule has 0 saturated carbocycles. The molecular weight excluding hydrogens is 409 g/mol. The number of halogens is 2. The molecule has 1 fully saturated rings. The van der Waals surface area contributed by atoms with Crippen LogP contribution in [0.2, 0.25) is 10.0 Å². The fourth-order valence-electron chi connectivity index (χ4n) is 3.28. The molecule has 0 aromatic heterocycles. The van der Waals surface area contributed by atoms with Gasteiger partial charge in [-0.3, -0.25) is 9.10 Å². The van der Waals surface area contributed by atoms with Crippen LogP contribution < -0.4 is 9.62 Å². The number of piperidine rings is 1. The third-order valence-corrected chi connectivity index (χ3v) is 6.42. The Morgan fingerprint density at radius 1 is 1.26 bits per heavy atom. The van der Waals surface area contributed by atoms with Gasteiger partial charge in [0.05, 0.1) is 17.0 Å². The van der Waals surface area contributed by atoms with E-state index in [4.69, 9.17) is 23.2 Å². The highest BCUT2D eigenvalue weighted by Gasteiger charge is 2.30. The number of carbonyl (C=O) groups excluding carboxylic acids is 1. The van der Waals surface area contributed by atoms with Crippen LogP contribution in [-0.4, -0.2) is 57.7 Å². The molecule has 0 spiro atoms. The summed E-state index contributed by atoms with van der Waals surface area (Å²) in [4.78, 5) is 14.9. The molecule has 2 rings (SSSR count). The summed E-state index contributed by atoms with van der Waals surface area (Å²) in [6.45, 7) is 5.20. The molecule has 1 aliphatic heterocycles. The van der Waals surface area contributed by atoms with Crippen molar-refractivity contribution in [1.82, 2.24) is 10.2 Å². The summed E-state index contributed by atoms with van der Waals surface area (Å²) < 4.78 is 25.6. The predicted octanol–water partition coefficient (Wildman–Crippen LogP) is 3.14. The van der Waals surface area contributed by atoms with Crippen LogP contribution in [0.1, 0.15) is 32.6 Å². The van der Waals surface area contributed by atoms with Gasteiger partial charge < -0.3 is 10.2 Å². The number of anilines is 1. The van der Waals surface area contributed by atoms with Gasteiger partial charge in [0.15, 0.2) is 0 Å². The molecule has 1 aromatic rings. The van der Waals surface area contributed by atoms with E-state index < -0.39 is 16.1 Å². The van der Waals surface area contributed by atoms with E-state index in [1.54, 1.807) is 6.07 Å². The van der Waals surface area contributed by atoms with E-state index in [-0.39, 0.29) is 16.6 Å². The molecular formula is C18H27Cl2N3O3S. The summed E-state index contributed by atoms with van der Waals surface area (Å²) in [5, 5.41) is 3.39. The minimum absolute atomic E-state index is 0.197. The van der Waals surface area contributed by atoms with Gasteiger partial charge in [-0.15, -0.1) is 0 Å². The van der Waals surface area contributed by atoms with E-state index in [2.05, 4.69) is 10.2 Å². The van der Waals surface area contributed by atoms with E-state index in [9.17, 15) is 13.2 Å². The number of sulfonamides is 1. The molecule has 1 aliphatic rings. The second-order valence-electron chi connectivity index (χ2n) is 6.88. The normalized spacial score (nSPS) is 16.7. The zero-order valence-corrected chi connectivity index (χ0v) is 18.1. The monoisotopic (exact) mass is 435 g/mol. The lowest BCUT2D eigenvalue weighted by atomic mass is 10.1. The lowest BCUT2D eigenvalue weighted by Gasteiger charge is -2.29. The van der Waals surface area contributed by atoms with Crippen LogP contribution in [0.3, 0.4) is 0 Å². The smallest absolute Gasteiger partial charge is 0.243 e. The third kappa shape index (κ3) is 6.52. The van der Waals surface area contributed by atoms with E-state index >= 15 is 0 Å². The first kappa shape index (κ1) is 22.3. The molecule has 1 aromatic carbocycles. The molecule has 0 bridgehead atoms. The number of likely N-dealkylation sites (tertiary alicyclic amines) is 1. The van der Waals surface area contributed by atoms with Crippen LogP contribution in [0.4, 0.5) is 5.69 Å². The number of hydrogen-bond acceptors (Lipinski definition) is 4. The maximum absolute atomic E-state index is 12.5. The van der Waals surface area contributed by atoms with Crippen molar-refractivity contribution in [3.05, 3.63) is 28.2 Å². The average molecular weight is 436 g/mol. The Hall–Kier alpha value is -1.02. The third-order valence-electron chi connectivity index (χ3n) is 4.63. The first-order valence-electron chi connectivity index (χ1n) is 9.14. The largest absolute Gasteiger partial charge is 0.354 e. The summed E-state index contributed by atoms with van der Waals surface area (Å²) in [5.74, 6) is -0.366. The van der Waals surface area contributed by atoms with Crippen molar-refractivity contribution in [2.45, 2.75) is 38.6 Å². The van der Waals surface area contributed by atoms with Gasteiger partial charge >= 0.3 is 0 Å². The van der Waals surface area contributed by atoms with Gasteiger partial charge in [0.1, 0.15) is 6.04 Å². The molecule has 9 heteroatoms. The predicted molar refractivity (Wildman–Crippen MR) is 111 cm³/mol. The van der Waals surface area contributed by atoms with Crippen LogP contribution in [0.25, 0.3) is 0 Å². The fraction of sp³-hybridized carbons (Fsp3) is 0.611. The van der Waals surface area contributed by atoms with E-state index in [0.717, 1.165) is 36.6 Å². The van der Waals surface area contributed by atoms with Crippen molar-refractivity contribution in [2.24, 2.45) is 0 Å². The topological polar surface area (TPSA) is 69.7 Å². The Morgan fingerprint density at radius 2 is 1.93 bits per heavy atom. The molecule has 1 N–H and O–H groups in total.